The molecule has 0 bridgehead atoms. The lowest BCUT2D eigenvalue weighted by atomic mass is 9.89. The molecule has 132 valence electrons. The molecule has 2 aromatic rings. The summed E-state index contributed by atoms with van der Waals surface area (Å²) in [5, 5.41) is 11.8. The van der Waals surface area contributed by atoms with Crippen molar-refractivity contribution in [3.8, 4) is 6.07 Å². The monoisotopic (exact) mass is 347 g/mol. The number of amides is 2. The van der Waals surface area contributed by atoms with E-state index in [9.17, 15) is 9.59 Å². The molecule has 5 nitrogen and oxygen atoms in total. The minimum absolute atomic E-state index is 0.00811. The van der Waals surface area contributed by atoms with Crippen LogP contribution in [0.25, 0.3) is 0 Å². The quantitative estimate of drug-likeness (QED) is 0.903. The maximum Gasteiger partial charge on any atom is 0.227 e. The van der Waals surface area contributed by atoms with Gasteiger partial charge in [0.25, 0.3) is 0 Å². The Morgan fingerprint density at radius 2 is 1.96 bits per heavy atom. The molecule has 2 aromatic carbocycles. The molecule has 0 aliphatic carbocycles. The highest BCUT2D eigenvalue weighted by Gasteiger charge is 2.26. The first-order valence-corrected chi connectivity index (χ1v) is 8.68. The van der Waals surface area contributed by atoms with Gasteiger partial charge in [-0.15, -0.1) is 0 Å². The van der Waals surface area contributed by atoms with Crippen LogP contribution in [0.2, 0.25) is 0 Å². The number of anilines is 1. The van der Waals surface area contributed by atoms with Gasteiger partial charge in [-0.1, -0.05) is 30.3 Å². The van der Waals surface area contributed by atoms with Crippen LogP contribution in [-0.4, -0.2) is 23.8 Å². The molecular formula is C21H21N3O2. The summed E-state index contributed by atoms with van der Waals surface area (Å²) in [6, 6.07) is 17.1. The summed E-state index contributed by atoms with van der Waals surface area (Å²) in [5.41, 5.74) is 3.57. The van der Waals surface area contributed by atoms with Crippen molar-refractivity contribution in [2.45, 2.75) is 25.8 Å². The smallest absolute Gasteiger partial charge is 0.227 e. The Morgan fingerprint density at radius 1 is 1.23 bits per heavy atom. The summed E-state index contributed by atoms with van der Waals surface area (Å²) < 4.78 is 0. The van der Waals surface area contributed by atoms with E-state index < -0.39 is 0 Å². The van der Waals surface area contributed by atoms with Gasteiger partial charge in [0.2, 0.25) is 11.8 Å². The second-order valence-electron chi connectivity index (χ2n) is 6.64. The zero-order chi connectivity index (χ0) is 18.5. The molecule has 0 radical (unpaired) electrons. The number of hydrogen-bond donors (Lipinski definition) is 1. The molecule has 1 aliphatic rings. The average molecular weight is 347 g/mol. The fraction of sp³-hybridized carbons (Fsp3) is 0.286. The third-order valence-electron chi connectivity index (χ3n) is 4.75. The predicted molar refractivity (Wildman–Crippen MR) is 99.1 cm³/mol. The van der Waals surface area contributed by atoms with Crippen molar-refractivity contribution in [1.29, 1.82) is 5.26 Å². The van der Waals surface area contributed by atoms with Crippen LogP contribution in [0.3, 0.4) is 0 Å². The summed E-state index contributed by atoms with van der Waals surface area (Å²) in [4.78, 5) is 26.3. The van der Waals surface area contributed by atoms with E-state index in [1.807, 2.05) is 36.4 Å². The highest BCUT2D eigenvalue weighted by molar-refractivity contribution is 5.96. The number of rotatable bonds is 5. The lowest BCUT2D eigenvalue weighted by molar-refractivity contribution is -0.131. The van der Waals surface area contributed by atoms with Crippen LogP contribution in [-0.2, 0) is 22.6 Å². The number of fused-ring (bicyclic) bond motifs is 1. The standard InChI is InChI=1S/C21H21N3O2/c1-24(14-16-8-6-15(13-22)7-9-16)20(25)11-10-18-12-17-4-2-3-5-19(17)23-21(18)26/h2-9,18H,10-12,14H2,1H3,(H,23,26). The first-order valence-electron chi connectivity index (χ1n) is 8.68. The highest BCUT2D eigenvalue weighted by Crippen LogP contribution is 2.27. The maximum atomic E-state index is 12.4. The minimum Gasteiger partial charge on any atom is -0.341 e. The number of carbonyl (C=O) groups is 2. The van der Waals surface area contributed by atoms with Gasteiger partial charge in [0.15, 0.2) is 0 Å². The summed E-state index contributed by atoms with van der Waals surface area (Å²) in [5.74, 6) is -0.163. The van der Waals surface area contributed by atoms with E-state index in [1.54, 1.807) is 24.1 Å². The molecule has 1 heterocycles. The molecule has 0 fully saturated rings. The highest BCUT2D eigenvalue weighted by atomic mass is 16.2. The Labute approximate surface area is 153 Å². The zero-order valence-corrected chi connectivity index (χ0v) is 14.7. The number of benzene rings is 2. The van der Waals surface area contributed by atoms with Crippen LogP contribution in [0.4, 0.5) is 5.69 Å². The van der Waals surface area contributed by atoms with Crippen molar-refractivity contribution < 1.29 is 9.59 Å². The maximum absolute atomic E-state index is 12.4. The molecule has 0 saturated heterocycles. The van der Waals surface area contributed by atoms with Gasteiger partial charge in [0.05, 0.1) is 11.6 Å². The summed E-state index contributed by atoms with van der Waals surface area (Å²) in [6.45, 7) is 0.490. The van der Waals surface area contributed by atoms with Crippen LogP contribution in [0, 0.1) is 17.2 Å². The van der Waals surface area contributed by atoms with Crippen LogP contribution in [0.5, 0.6) is 0 Å². The Kier molecular flexibility index (Phi) is 5.33. The Hall–Kier alpha value is -3.13. The number of nitrogens with zero attached hydrogens (tertiary/aromatic N) is 2. The molecule has 0 saturated carbocycles. The van der Waals surface area contributed by atoms with Crippen molar-refractivity contribution in [2.75, 3.05) is 12.4 Å². The zero-order valence-electron chi connectivity index (χ0n) is 14.7. The molecule has 1 N–H and O–H groups in total. The van der Waals surface area contributed by atoms with Gasteiger partial charge in [0, 0.05) is 31.6 Å². The third-order valence-corrected chi connectivity index (χ3v) is 4.75. The van der Waals surface area contributed by atoms with Gasteiger partial charge >= 0.3 is 0 Å². The SMILES string of the molecule is CN(Cc1ccc(C#N)cc1)C(=O)CCC1Cc2ccccc2NC1=O. The number of carbonyl (C=O) groups excluding carboxylic acids is 2. The molecule has 1 atom stereocenters. The Bertz CT molecular complexity index is 852. The molecule has 1 aliphatic heterocycles. The summed E-state index contributed by atoms with van der Waals surface area (Å²) in [7, 11) is 1.76. The van der Waals surface area contributed by atoms with Gasteiger partial charge in [-0.05, 0) is 42.2 Å². The molecule has 2 amide bonds. The van der Waals surface area contributed by atoms with Crippen LogP contribution >= 0.6 is 0 Å². The summed E-state index contributed by atoms with van der Waals surface area (Å²) in [6.07, 6.45) is 1.55. The van der Waals surface area contributed by atoms with Crippen molar-refractivity contribution in [2.24, 2.45) is 5.92 Å². The second-order valence-corrected chi connectivity index (χ2v) is 6.64. The molecule has 5 heteroatoms. The summed E-state index contributed by atoms with van der Waals surface area (Å²) >= 11 is 0. The molecule has 0 spiro atoms. The van der Waals surface area contributed by atoms with Gasteiger partial charge in [0.1, 0.15) is 0 Å². The van der Waals surface area contributed by atoms with E-state index >= 15 is 0 Å². The van der Waals surface area contributed by atoms with E-state index in [4.69, 9.17) is 5.26 Å². The number of nitriles is 1. The first-order chi connectivity index (χ1) is 12.6. The predicted octanol–water partition coefficient (Wildman–Crippen LogP) is 3.11. The fourth-order valence-electron chi connectivity index (χ4n) is 3.18. The van der Waals surface area contributed by atoms with Gasteiger partial charge in [-0.2, -0.15) is 5.26 Å². The van der Waals surface area contributed by atoms with Crippen molar-refractivity contribution in [1.82, 2.24) is 4.90 Å². The van der Waals surface area contributed by atoms with Crippen molar-refractivity contribution in [3.05, 3.63) is 65.2 Å². The van der Waals surface area contributed by atoms with Crippen LogP contribution in [0.15, 0.2) is 48.5 Å². The lowest BCUT2D eigenvalue weighted by Gasteiger charge is -2.25. The van der Waals surface area contributed by atoms with E-state index in [1.165, 1.54) is 0 Å². The van der Waals surface area contributed by atoms with Gasteiger partial charge in [-0.25, -0.2) is 0 Å². The van der Waals surface area contributed by atoms with Gasteiger partial charge in [-0.3, -0.25) is 9.59 Å². The lowest BCUT2D eigenvalue weighted by Crippen LogP contribution is -2.32. The van der Waals surface area contributed by atoms with Gasteiger partial charge < -0.3 is 10.2 Å². The van der Waals surface area contributed by atoms with E-state index in [0.717, 1.165) is 16.8 Å². The van der Waals surface area contributed by atoms with E-state index in [2.05, 4.69) is 11.4 Å². The second kappa shape index (κ2) is 7.83. The van der Waals surface area contributed by atoms with Crippen LogP contribution in [0.1, 0.15) is 29.5 Å². The van der Waals surface area contributed by atoms with Crippen molar-refractivity contribution in [3.63, 3.8) is 0 Å². The van der Waals surface area contributed by atoms with Crippen molar-refractivity contribution >= 4 is 17.5 Å². The van der Waals surface area contributed by atoms with E-state index in [0.29, 0.717) is 31.4 Å². The molecular weight excluding hydrogens is 326 g/mol. The number of hydrogen-bond acceptors (Lipinski definition) is 3. The largest absolute Gasteiger partial charge is 0.341 e. The first kappa shape index (κ1) is 17.7. The average Bonchev–Trinajstić information content (AvgIpc) is 2.66. The molecule has 0 aromatic heterocycles. The number of nitrogens with one attached hydrogen (secondary N) is 1. The number of para-hydroxylation sites is 1. The third kappa shape index (κ3) is 4.09. The van der Waals surface area contributed by atoms with E-state index in [-0.39, 0.29) is 17.7 Å². The Morgan fingerprint density at radius 3 is 2.69 bits per heavy atom. The minimum atomic E-state index is -0.169. The molecule has 1 unspecified atom stereocenters. The molecule has 26 heavy (non-hydrogen) atoms. The molecule has 3 rings (SSSR count). The van der Waals surface area contributed by atoms with Crippen LogP contribution < -0.4 is 5.32 Å². The normalized spacial score (nSPS) is 15.5. The topological polar surface area (TPSA) is 73.2 Å². The fourth-order valence-corrected chi connectivity index (χ4v) is 3.18. The Balaban J connectivity index is 1.53.